The minimum atomic E-state index is -1.03. The molecule has 8 nitrogen and oxygen atoms in total. The fraction of sp³-hybridized carbons (Fsp3) is 0.826. The third-order valence-corrected chi connectivity index (χ3v) is 5.54. The molecule has 4 N–H and O–H groups in total. The van der Waals surface area contributed by atoms with Crippen molar-refractivity contribution in [1.29, 1.82) is 0 Å². The minimum absolute atomic E-state index is 0.124. The first kappa shape index (κ1) is 28.9. The summed E-state index contributed by atoms with van der Waals surface area (Å²) in [6.45, 7) is 16.4. The van der Waals surface area contributed by atoms with Crippen molar-refractivity contribution >= 4 is 23.8 Å². The van der Waals surface area contributed by atoms with E-state index in [0.29, 0.717) is 12.8 Å². The molecule has 0 saturated heterocycles. The lowest BCUT2D eigenvalue weighted by Gasteiger charge is -2.36. The molecule has 8 heteroatoms. The molecule has 31 heavy (non-hydrogen) atoms. The normalized spacial score (nSPS) is 14.6. The van der Waals surface area contributed by atoms with Gasteiger partial charge in [0.05, 0.1) is 18.3 Å². The van der Waals surface area contributed by atoms with Crippen LogP contribution in [0.1, 0.15) is 88.0 Å². The van der Waals surface area contributed by atoms with Crippen LogP contribution in [0.3, 0.4) is 0 Å². The number of amides is 2. The quantitative estimate of drug-likeness (QED) is 0.366. The molecule has 2 unspecified atom stereocenters. The van der Waals surface area contributed by atoms with Gasteiger partial charge in [-0.1, -0.05) is 27.7 Å². The maximum Gasteiger partial charge on any atom is 0.307 e. The topological polar surface area (TPSA) is 133 Å². The van der Waals surface area contributed by atoms with Crippen molar-refractivity contribution in [3.63, 3.8) is 0 Å². The highest BCUT2D eigenvalue weighted by Crippen LogP contribution is 2.37. The van der Waals surface area contributed by atoms with Gasteiger partial charge in [-0.25, -0.2) is 0 Å². The number of rotatable bonds is 12. The molecule has 0 bridgehead atoms. The molecule has 0 aliphatic heterocycles. The lowest BCUT2D eigenvalue weighted by Crippen LogP contribution is -2.48. The van der Waals surface area contributed by atoms with Gasteiger partial charge in [-0.05, 0) is 58.8 Å². The first-order valence-corrected chi connectivity index (χ1v) is 10.8. The molecule has 2 amide bonds. The van der Waals surface area contributed by atoms with Crippen molar-refractivity contribution < 1.29 is 29.4 Å². The fourth-order valence-electron chi connectivity index (χ4n) is 3.47. The zero-order valence-electron chi connectivity index (χ0n) is 20.6. The van der Waals surface area contributed by atoms with Gasteiger partial charge in [0, 0.05) is 17.5 Å². The molecule has 0 saturated carbocycles. The monoisotopic (exact) mass is 442 g/mol. The number of carbonyl (C=O) groups excluding carboxylic acids is 2. The van der Waals surface area contributed by atoms with Crippen LogP contribution >= 0.6 is 0 Å². The average Bonchev–Trinajstić information content (AvgIpc) is 2.53. The Balaban J connectivity index is 5.21. The molecule has 0 aromatic rings. The van der Waals surface area contributed by atoms with Gasteiger partial charge in [-0.15, -0.1) is 0 Å². The van der Waals surface area contributed by atoms with Crippen molar-refractivity contribution in [1.82, 2.24) is 10.6 Å². The van der Waals surface area contributed by atoms with Crippen LogP contribution in [0.2, 0.25) is 0 Å². The van der Waals surface area contributed by atoms with E-state index in [2.05, 4.69) is 10.6 Å². The Morgan fingerprint density at radius 2 is 1.32 bits per heavy atom. The molecule has 0 aliphatic rings. The molecule has 0 fully saturated rings. The summed E-state index contributed by atoms with van der Waals surface area (Å²) in [6.07, 6.45) is 0.578. The van der Waals surface area contributed by atoms with E-state index in [9.17, 15) is 24.3 Å². The van der Waals surface area contributed by atoms with Gasteiger partial charge in [0.25, 0.3) is 0 Å². The average molecular weight is 443 g/mol. The lowest BCUT2D eigenvalue weighted by molar-refractivity contribution is -0.149. The number of hydrogen-bond acceptors (Lipinski definition) is 4. The summed E-state index contributed by atoms with van der Waals surface area (Å²) in [5.41, 5.74) is -1.79. The Morgan fingerprint density at radius 1 is 0.806 bits per heavy atom. The molecular weight excluding hydrogens is 400 g/mol. The molecule has 0 spiro atoms. The minimum Gasteiger partial charge on any atom is -0.481 e. The highest BCUT2D eigenvalue weighted by atomic mass is 16.4. The van der Waals surface area contributed by atoms with E-state index in [-0.39, 0.29) is 30.6 Å². The zero-order chi connectivity index (χ0) is 24.8. The van der Waals surface area contributed by atoms with E-state index in [1.807, 2.05) is 62.3 Å². The number of nitrogens with one attached hydrogen (secondary N) is 2. The van der Waals surface area contributed by atoms with Crippen molar-refractivity contribution in [2.75, 3.05) is 0 Å². The first-order valence-electron chi connectivity index (χ1n) is 10.8. The van der Waals surface area contributed by atoms with Crippen LogP contribution in [0.5, 0.6) is 0 Å². The first-order chi connectivity index (χ1) is 13.8. The Kier molecular flexibility index (Phi) is 10.2. The second kappa shape index (κ2) is 11.0. The van der Waals surface area contributed by atoms with Crippen molar-refractivity contribution in [2.45, 2.75) is 99.1 Å². The highest BCUT2D eigenvalue weighted by molar-refractivity contribution is 5.84. The largest absolute Gasteiger partial charge is 0.481 e. The van der Waals surface area contributed by atoms with E-state index in [1.165, 1.54) is 0 Å². The standard InChI is InChI=1S/C23H42N2O6/c1-14(2)15(12-18(27)28)19(29)25-23(8,9)11-10-22(6,7)16(20(30)31)13-17(26)24-21(3,4)5/h14-16H,10-13H2,1-9H3,(H,24,26)(H,25,29)(H,27,28)(H,30,31). The Labute approximate surface area is 186 Å². The van der Waals surface area contributed by atoms with Crippen LogP contribution < -0.4 is 10.6 Å². The molecule has 180 valence electrons. The van der Waals surface area contributed by atoms with Gasteiger partial charge in [-0.3, -0.25) is 19.2 Å². The van der Waals surface area contributed by atoms with E-state index in [1.54, 1.807) is 0 Å². The van der Waals surface area contributed by atoms with Crippen LogP contribution in [0.25, 0.3) is 0 Å². The SMILES string of the molecule is CC(C)C(CC(=O)O)C(=O)NC(C)(C)CCC(C)(C)C(CC(=O)NC(C)(C)C)C(=O)O. The van der Waals surface area contributed by atoms with Crippen molar-refractivity contribution in [3.05, 3.63) is 0 Å². The third-order valence-electron chi connectivity index (χ3n) is 5.54. The second-order valence-corrected chi connectivity index (χ2v) is 11.2. The second-order valence-electron chi connectivity index (χ2n) is 11.2. The summed E-state index contributed by atoms with van der Waals surface area (Å²) < 4.78 is 0. The fourth-order valence-corrected chi connectivity index (χ4v) is 3.47. The summed E-state index contributed by atoms with van der Waals surface area (Å²) in [6, 6.07) is 0. The van der Waals surface area contributed by atoms with Crippen LogP contribution in [0.4, 0.5) is 0 Å². The number of carboxylic acid groups (broad SMARTS) is 2. The van der Waals surface area contributed by atoms with Gasteiger partial charge in [0.2, 0.25) is 11.8 Å². The highest BCUT2D eigenvalue weighted by Gasteiger charge is 2.39. The Hall–Kier alpha value is -2.12. The predicted octanol–water partition coefficient (Wildman–Crippen LogP) is 3.44. The maximum atomic E-state index is 12.7. The molecule has 0 aromatic carbocycles. The number of aliphatic carboxylic acids is 2. The van der Waals surface area contributed by atoms with E-state index < -0.39 is 40.3 Å². The van der Waals surface area contributed by atoms with Gasteiger partial charge in [-0.2, -0.15) is 0 Å². The van der Waals surface area contributed by atoms with E-state index in [0.717, 1.165) is 0 Å². The summed E-state index contributed by atoms with van der Waals surface area (Å²) >= 11 is 0. The molecule has 0 radical (unpaired) electrons. The maximum absolute atomic E-state index is 12.7. The van der Waals surface area contributed by atoms with Crippen molar-refractivity contribution in [2.24, 2.45) is 23.2 Å². The Morgan fingerprint density at radius 3 is 1.71 bits per heavy atom. The molecule has 0 aromatic heterocycles. The summed E-state index contributed by atoms with van der Waals surface area (Å²) in [5, 5.41) is 24.6. The predicted molar refractivity (Wildman–Crippen MR) is 119 cm³/mol. The van der Waals surface area contributed by atoms with E-state index >= 15 is 0 Å². The van der Waals surface area contributed by atoms with Gasteiger partial charge < -0.3 is 20.8 Å². The van der Waals surface area contributed by atoms with E-state index in [4.69, 9.17) is 5.11 Å². The smallest absolute Gasteiger partial charge is 0.307 e. The third kappa shape index (κ3) is 11.2. The summed E-state index contributed by atoms with van der Waals surface area (Å²) in [4.78, 5) is 48.0. The van der Waals surface area contributed by atoms with Gasteiger partial charge in [0.15, 0.2) is 0 Å². The van der Waals surface area contributed by atoms with Crippen LogP contribution in [-0.2, 0) is 19.2 Å². The molecule has 0 heterocycles. The molecular formula is C23H42N2O6. The molecule has 2 atom stereocenters. The summed E-state index contributed by atoms with van der Waals surface area (Å²) in [7, 11) is 0. The summed E-state index contributed by atoms with van der Waals surface area (Å²) in [5.74, 6) is -4.33. The van der Waals surface area contributed by atoms with Crippen LogP contribution in [0, 0.1) is 23.2 Å². The van der Waals surface area contributed by atoms with Gasteiger partial charge in [0.1, 0.15) is 0 Å². The molecule has 0 rings (SSSR count). The van der Waals surface area contributed by atoms with Crippen LogP contribution in [-0.4, -0.2) is 45.0 Å². The van der Waals surface area contributed by atoms with Crippen LogP contribution in [0.15, 0.2) is 0 Å². The number of hydrogen-bond donors (Lipinski definition) is 4. The number of carboxylic acids is 2. The van der Waals surface area contributed by atoms with Crippen molar-refractivity contribution in [3.8, 4) is 0 Å². The number of carbonyl (C=O) groups is 4. The van der Waals surface area contributed by atoms with Gasteiger partial charge >= 0.3 is 11.9 Å². The Bertz CT molecular complexity index is 661. The zero-order valence-corrected chi connectivity index (χ0v) is 20.6. The molecule has 0 aliphatic carbocycles. The lowest BCUT2D eigenvalue weighted by atomic mass is 9.71.